The van der Waals surface area contributed by atoms with Gasteiger partial charge in [-0.1, -0.05) is 30.3 Å². The highest BCUT2D eigenvalue weighted by Gasteiger charge is 2.11. The van der Waals surface area contributed by atoms with E-state index in [1.807, 2.05) is 29.6 Å². The highest BCUT2D eigenvalue weighted by molar-refractivity contribution is 7.17. The van der Waals surface area contributed by atoms with Gasteiger partial charge in [-0.15, -0.1) is 11.3 Å². The maximum Gasteiger partial charge on any atom is 0.252 e. The van der Waals surface area contributed by atoms with Crippen LogP contribution in [-0.2, 0) is 6.42 Å². The molecule has 0 aliphatic carbocycles. The number of amides is 1. The summed E-state index contributed by atoms with van der Waals surface area (Å²) in [4.78, 5) is 12.2. The van der Waals surface area contributed by atoms with Gasteiger partial charge in [-0.2, -0.15) is 0 Å². The van der Waals surface area contributed by atoms with Gasteiger partial charge in [0.15, 0.2) is 0 Å². The molecule has 0 aliphatic rings. The van der Waals surface area contributed by atoms with Crippen LogP contribution in [0.3, 0.4) is 0 Å². The van der Waals surface area contributed by atoms with Crippen LogP contribution in [0, 0.1) is 5.82 Å². The quantitative estimate of drug-likeness (QED) is 0.775. The third-order valence-electron chi connectivity index (χ3n) is 3.34. The second kappa shape index (κ2) is 6.06. The summed E-state index contributed by atoms with van der Waals surface area (Å²) in [5.41, 5.74) is 1.72. The number of nitrogens with one attached hydrogen (secondary N) is 1. The second-order valence-corrected chi connectivity index (χ2v) is 5.69. The van der Waals surface area contributed by atoms with Crippen molar-refractivity contribution < 1.29 is 9.18 Å². The van der Waals surface area contributed by atoms with Crippen LogP contribution in [0.15, 0.2) is 53.9 Å². The lowest BCUT2D eigenvalue weighted by Gasteiger charge is -2.05. The van der Waals surface area contributed by atoms with E-state index >= 15 is 0 Å². The van der Waals surface area contributed by atoms with Gasteiger partial charge >= 0.3 is 0 Å². The number of thiophene rings is 1. The summed E-state index contributed by atoms with van der Waals surface area (Å²) in [5, 5.41) is 5.79. The van der Waals surface area contributed by atoms with Crippen LogP contribution >= 0.6 is 11.3 Å². The molecule has 1 heterocycles. The predicted molar refractivity (Wildman–Crippen MR) is 84.3 cm³/mol. The Kier molecular flexibility index (Phi) is 3.97. The van der Waals surface area contributed by atoms with Crippen LogP contribution in [0.25, 0.3) is 10.1 Å². The van der Waals surface area contributed by atoms with E-state index < -0.39 is 0 Å². The third-order valence-corrected chi connectivity index (χ3v) is 4.30. The summed E-state index contributed by atoms with van der Waals surface area (Å²) in [6.45, 7) is 0.536. The number of halogens is 1. The van der Waals surface area contributed by atoms with Crippen LogP contribution in [-0.4, -0.2) is 12.5 Å². The minimum absolute atomic E-state index is 0.0606. The fourth-order valence-corrected chi connectivity index (χ4v) is 3.16. The lowest BCUT2D eigenvalue weighted by Crippen LogP contribution is -2.25. The van der Waals surface area contributed by atoms with E-state index in [2.05, 4.69) is 5.32 Å². The van der Waals surface area contributed by atoms with Crippen LogP contribution < -0.4 is 5.32 Å². The average molecular weight is 299 g/mol. The van der Waals surface area contributed by atoms with Gasteiger partial charge in [0, 0.05) is 22.0 Å². The molecule has 3 aromatic rings. The smallest absolute Gasteiger partial charge is 0.252 e. The van der Waals surface area contributed by atoms with Gasteiger partial charge in [-0.25, -0.2) is 4.39 Å². The van der Waals surface area contributed by atoms with E-state index in [4.69, 9.17) is 0 Å². The van der Waals surface area contributed by atoms with Crippen molar-refractivity contribution >= 4 is 27.3 Å². The molecule has 1 aromatic heterocycles. The zero-order valence-corrected chi connectivity index (χ0v) is 12.1. The minimum atomic E-state index is -0.243. The number of hydrogen-bond acceptors (Lipinski definition) is 2. The molecule has 0 bridgehead atoms. The summed E-state index contributed by atoms with van der Waals surface area (Å²) in [5.74, 6) is -0.304. The molecular formula is C17H14FNOS. The molecule has 3 rings (SSSR count). The monoisotopic (exact) mass is 299 g/mol. The summed E-state index contributed by atoms with van der Waals surface area (Å²) in [7, 11) is 0. The highest BCUT2D eigenvalue weighted by Crippen LogP contribution is 2.25. The van der Waals surface area contributed by atoms with Crippen LogP contribution in [0.2, 0.25) is 0 Å². The Labute approximate surface area is 126 Å². The molecule has 0 atom stereocenters. The van der Waals surface area contributed by atoms with Crippen molar-refractivity contribution in [3.05, 3.63) is 70.9 Å². The van der Waals surface area contributed by atoms with Gasteiger partial charge in [0.25, 0.3) is 5.91 Å². The van der Waals surface area contributed by atoms with E-state index in [9.17, 15) is 9.18 Å². The Bertz CT molecular complexity index is 764. The normalized spacial score (nSPS) is 10.7. The second-order valence-electron chi connectivity index (χ2n) is 4.78. The van der Waals surface area contributed by atoms with Gasteiger partial charge in [0.05, 0.1) is 5.56 Å². The highest BCUT2D eigenvalue weighted by atomic mass is 32.1. The first-order valence-corrected chi connectivity index (χ1v) is 7.61. The first-order chi connectivity index (χ1) is 10.2. The Hall–Kier alpha value is -2.20. The molecule has 2 aromatic carbocycles. The third kappa shape index (κ3) is 3.11. The fraction of sp³-hybridized carbons (Fsp3) is 0.118. The molecular weight excluding hydrogens is 285 g/mol. The van der Waals surface area contributed by atoms with Crippen molar-refractivity contribution in [2.45, 2.75) is 6.42 Å². The van der Waals surface area contributed by atoms with Crippen molar-refractivity contribution in [2.75, 3.05) is 6.54 Å². The van der Waals surface area contributed by atoms with E-state index in [-0.39, 0.29) is 11.7 Å². The van der Waals surface area contributed by atoms with Gasteiger partial charge in [0.2, 0.25) is 0 Å². The standard InChI is InChI=1S/C17H14FNOS/c18-13-7-5-12(6-8-13)9-10-19-17(20)15-11-21-16-4-2-1-3-14(15)16/h1-8,11H,9-10H2,(H,19,20). The zero-order chi connectivity index (χ0) is 14.7. The lowest BCUT2D eigenvalue weighted by molar-refractivity contribution is 0.0956. The maximum absolute atomic E-state index is 12.8. The predicted octanol–water partition coefficient (Wildman–Crippen LogP) is 4.01. The fourth-order valence-electron chi connectivity index (χ4n) is 2.22. The van der Waals surface area contributed by atoms with Crippen LogP contribution in [0.4, 0.5) is 4.39 Å². The summed E-state index contributed by atoms with van der Waals surface area (Å²) < 4.78 is 13.9. The summed E-state index contributed by atoms with van der Waals surface area (Å²) >= 11 is 1.57. The molecule has 4 heteroatoms. The Morgan fingerprint density at radius 2 is 1.86 bits per heavy atom. The Morgan fingerprint density at radius 3 is 2.67 bits per heavy atom. The van der Waals surface area contributed by atoms with E-state index in [1.165, 1.54) is 12.1 Å². The number of fused-ring (bicyclic) bond motifs is 1. The van der Waals surface area contributed by atoms with E-state index in [0.29, 0.717) is 13.0 Å². The maximum atomic E-state index is 12.8. The van der Waals surface area contributed by atoms with Crippen molar-refractivity contribution in [1.29, 1.82) is 0 Å². The summed E-state index contributed by atoms with van der Waals surface area (Å²) in [6, 6.07) is 14.2. The van der Waals surface area contributed by atoms with Crippen molar-refractivity contribution in [2.24, 2.45) is 0 Å². The van der Waals surface area contributed by atoms with Gasteiger partial charge in [-0.05, 0) is 30.2 Å². The number of carbonyl (C=O) groups excluding carboxylic acids is 1. The van der Waals surface area contributed by atoms with Gasteiger partial charge < -0.3 is 5.32 Å². The molecule has 0 fully saturated rings. The largest absolute Gasteiger partial charge is 0.352 e. The van der Waals surface area contributed by atoms with E-state index in [0.717, 1.165) is 21.2 Å². The van der Waals surface area contributed by atoms with Gasteiger partial charge in [-0.3, -0.25) is 4.79 Å². The number of rotatable bonds is 4. The number of hydrogen-bond donors (Lipinski definition) is 1. The minimum Gasteiger partial charge on any atom is -0.352 e. The molecule has 2 nitrogen and oxygen atoms in total. The first-order valence-electron chi connectivity index (χ1n) is 6.73. The molecule has 0 aliphatic heterocycles. The average Bonchev–Trinajstić information content (AvgIpc) is 2.93. The van der Waals surface area contributed by atoms with E-state index in [1.54, 1.807) is 23.5 Å². The van der Waals surface area contributed by atoms with Crippen LogP contribution in [0.5, 0.6) is 0 Å². The number of carbonyl (C=O) groups is 1. The SMILES string of the molecule is O=C(NCCc1ccc(F)cc1)c1csc2ccccc12. The molecule has 0 radical (unpaired) electrons. The van der Waals surface area contributed by atoms with Crippen molar-refractivity contribution in [3.8, 4) is 0 Å². The Balaban J connectivity index is 1.63. The topological polar surface area (TPSA) is 29.1 Å². The molecule has 0 saturated carbocycles. The van der Waals surface area contributed by atoms with Gasteiger partial charge in [0.1, 0.15) is 5.82 Å². The first kappa shape index (κ1) is 13.8. The molecule has 0 saturated heterocycles. The van der Waals surface area contributed by atoms with Crippen LogP contribution in [0.1, 0.15) is 15.9 Å². The molecule has 1 amide bonds. The molecule has 21 heavy (non-hydrogen) atoms. The summed E-state index contributed by atoms with van der Waals surface area (Å²) in [6.07, 6.45) is 0.689. The van der Waals surface area contributed by atoms with Crippen molar-refractivity contribution in [1.82, 2.24) is 5.32 Å². The zero-order valence-electron chi connectivity index (χ0n) is 11.3. The molecule has 106 valence electrons. The molecule has 0 unspecified atom stereocenters. The van der Waals surface area contributed by atoms with Crippen molar-refractivity contribution in [3.63, 3.8) is 0 Å². The lowest BCUT2D eigenvalue weighted by atomic mass is 10.1. The molecule has 1 N–H and O–H groups in total. The Morgan fingerprint density at radius 1 is 1.10 bits per heavy atom. The number of benzene rings is 2. The molecule has 0 spiro atoms.